The summed E-state index contributed by atoms with van der Waals surface area (Å²) in [5.74, 6) is 0.0667. The lowest BCUT2D eigenvalue weighted by Gasteiger charge is -2.21. The fourth-order valence-electron chi connectivity index (χ4n) is 1.90. The van der Waals surface area contributed by atoms with E-state index in [-0.39, 0.29) is 11.2 Å². The minimum atomic E-state index is -0.216. The zero-order valence-electron chi connectivity index (χ0n) is 12.2. The van der Waals surface area contributed by atoms with Gasteiger partial charge in [0.15, 0.2) is 4.34 Å². The van der Waals surface area contributed by atoms with E-state index in [2.05, 4.69) is 23.2 Å². The van der Waals surface area contributed by atoms with Crippen LogP contribution in [-0.4, -0.2) is 33.3 Å². The molecule has 0 spiro atoms. The first kappa shape index (κ1) is 15.8. The van der Waals surface area contributed by atoms with E-state index in [1.807, 2.05) is 32.2 Å². The van der Waals surface area contributed by atoms with Gasteiger partial charge in [-0.3, -0.25) is 4.79 Å². The van der Waals surface area contributed by atoms with Crippen LogP contribution in [0, 0.1) is 6.92 Å². The number of benzene rings is 1. The van der Waals surface area contributed by atoms with Gasteiger partial charge >= 0.3 is 0 Å². The predicted octanol–water partition coefficient (Wildman–Crippen LogP) is 2.57. The number of aryl methyl sites for hydroxylation is 1. The summed E-state index contributed by atoms with van der Waals surface area (Å²) in [6, 6.07) is 8.08. The highest BCUT2D eigenvalue weighted by molar-refractivity contribution is 8.02. The van der Waals surface area contributed by atoms with Crippen LogP contribution in [-0.2, 0) is 11.3 Å². The van der Waals surface area contributed by atoms with Gasteiger partial charge in [-0.05, 0) is 25.0 Å². The largest absolute Gasteiger partial charge is 0.374 e. The summed E-state index contributed by atoms with van der Waals surface area (Å²) in [6.45, 7) is 4.53. The maximum absolute atomic E-state index is 12.4. The monoisotopic (exact) mass is 322 g/mol. The normalized spacial score (nSPS) is 12.1. The Balaban J connectivity index is 1.97. The molecule has 21 heavy (non-hydrogen) atoms. The number of amides is 1. The molecule has 0 fully saturated rings. The standard InChI is InChI=1S/C14H18N4OS2/c1-9-6-4-5-7-11(9)8-18(3)12(19)10(2)20-14-17-16-13(15)21-14/h4-7,10H,8H2,1-3H3,(H2,15,16)/t10-/m1/s1. The minimum Gasteiger partial charge on any atom is -0.374 e. The predicted molar refractivity (Wildman–Crippen MR) is 87.3 cm³/mol. The molecule has 2 aromatic rings. The van der Waals surface area contributed by atoms with Crippen LogP contribution in [0.25, 0.3) is 0 Å². The van der Waals surface area contributed by atoms with Crippen molar-refractivity contribution >= 4 is 34.1 Å². The lowest BCUT2D eigenvalue weighted by Crippen LogP contribution is -2.32. The Hall–Kier alpha value is -1.60. The lowest BCUT2D eigenvalue weighted by atomic mass is 10.1. The Labute approximate surface area is 132 Å². The van der Waals surface area contributed by atoms with Gasteiger partial charge in [0.25, 0.3) is 0 Å². The molecule has 1 atom stereocenters. The third kappa shape index (κ3) is 4.18. The van der Waals surface area contributed by atoms with Crippen LogP contribution in [0.3, 0.4) is 0 Å². The van der Waals surface area contributed by atoms with Crippen LogP contribution in [0.4, 0.5) is 5.13 Å². The number of anilines is 1. The summed E-state index contributed by atoms with van der Waals surface area (Å²) in [7, 11) is 1.82. The van der Waals surface area contributed by atoms with E-state index >= 15 is 0 Å². The Bertz CT molecular complexity index is 629. The Morgan fingerprint density at radius 1 is 1.43 bits per heavy atom. The molecule has 0 saturated carbocycles. The van der Waals surface area contributed by atoms with Crippen LogP contribution < -0.4 is 5.73 Å². The zero-order chi connectivity index (χ0) is 15.4. The van der Waals surface area contributed by atoms with Crippen molar-refractivity contribution in [3.8, 4) is 0 Å². The van der Waals surface area contributed by atoms with Gasteiger partial charge < -0.3 is 10.6 Å². The molecule has 0 radical (unpaired) electrons. The van der Waals surface area contributed by atoms with E-state index in [0.717, 1.165) is 9.90 Å². The molecule has 2 rings (SSSR count). The summed E-state index contributed by atoms with van der Waals surface area (Å²) in [5, 5.41) is 7.89. The van der Waals surface area contributed by atoms with E-state index in [1.54, 1.807) is 4.90 Å². The molecule has 1 aromatic carbocycles. The van der Waals surface area contributed by atoms with E-state index < -0.39 is 0 Å². The second-order valence-electron chi connectivity index (χ2n) is 4.79. The molecular weight excluding hydrogens is 304 g/mol. The number of nitrogen functional groups attached to an aromatic ring is 1. The quantitative estimate of drug-likeness (QED) is 0.857. The molecule has 0 aliphatic heterocycles. The van der Waals surface area contributed by atoms with Crippen molar-refractivity contribution in [1.29, 1.82) is 0 Å². The molecule has 0 bridgehead atoms. The number of hydrogen-bond donors (Lipinski definition) is 1. The fraction of sp³-hybridized carbons (Fsp3) is 0.357. The van der Waals surface area contributed by atoms with Gasteiger partial charge in [0, 0.05) is 13.6 Å². The van der Waals surface area contributed by atoms with Gasteiger partial charge in [-0.2, -0.15) is 0 Å². The van der Waals surface area contributed by atoms with Crippen molar-refractivity contribution in [2.24, 2.45) is 0 Å². The topological polar surface area (TPSA) is 72.1 Å². The first-order valence-corrected chi connectivity index (χ1v) is 8.22. The highest BCUT2D eigenvalue weighted by Gasteiger charge is 2.20. The summed E-state index contributed by atoms with van der Waals surface area (Å²) in [6.07, 6.45) is 0. The average Bonchev–Trinajstić information content (AvgIpc) is 2.85. The Morgan fingerprint density at radius 3 is 2.76 bits per heavy atom. The second-order valence-corrected chi connectivity index (χ2v) is 7.38. The third-order valence-corrected chi connectivity index (χ3v) is 5.02. The molecule has 0 saturated heterocycles. The van der Waals surface area contributed by atoms with Gasteiger partial charge in [-0.1, -0.05) is 47.4 Å². The summed E-state index contributed by atoms with van der Waals surface area (Å²) in [4.78, 5) is 14.1. The van der Waals surface area contributed by atoms with Crippen LogP contribution in [0.2, 0.25) is 0 Å². The van der Waals surface area contributed by atoms with Gasteiger partial charge in [-0.15, -0.1) is 10.2 Å². The molecule has 5 nitrogen and oxygen atoms in total. The van der Waals surface area contributed by atoms with E-state index in [4.69, 9.17) is 5.73 Å². The van der Waals surface area contributed by atoms with Gasteiger partial charge in [0.2, 0.25) is 11.0 Å². The number of rotatable bonds is 5. The van der Waals surface area contributed by atoms with Crippen LogP contribution >= 0.6 is 23.1 Å². The number of carbonyl (C=O) groups excluding carboxylic acids is 1. The molecule has 7 heteroatoms. The van der Waals surface area contributed by atoms with Crippen molar-refractivity contribution in [2.75, 3.05) is 12.8 Å². The number of nitrogens with two attached hydrogens (primary N) is 1. The lowest BCUT2D eigenvalue weighted by molar-refractivity contribution is -0.129. The highest BCUT2D eigenvalue weighted by atomic mass is 32.2. The molecule has 1 amide bonds. The maximum Gasteiger partial charge on any atom is 0.235 e. The van der Waals surface area contributed by atoms with Crippen molar-refractivity contribution in [2.45, 2.75) is 30.0 Å². The van der Waals surface area contributed by atoms with Crippen LogP contribution in [0.15, 0.2) is 28.6 Å². The SMILES string of the molecule is Cc1ccccc1CN(C)C(=O)[C@@H](C)Sc1nnc(N)s1. The third-order valence-electron chi connectivity index (χ3n) is 3.09. The molecule has 0 unspecified atom stereocenters. The fourth-order valence-corrected chi connectivity index (χ4v) is 3.80. The van der Waals surface area contributed by atoms with Crippen molar-refractivity contribution in [1.82, 2.24) is 15.1 Å². The molecule has 1 heterocycles. The maximum atomic E-state index is 12.4. The molecular formula is C14H18N4OS2. The molecule has 1 aromatic heterocycles. The first-order chi connectivity index (χ1) is 9.97. The van der Waals surface area contributed by atoms with Crippen LogP contribution in [0.5, 0.6) is 0 Å². The molecule has 2 N–H and O–H groups in total. The Kier molecular flexibility index (Phi) is 5.19. The number of nitrogens with zero attached hydrogens (tertiary/aromatic N) is 3. The average molecular weight is 322 g/mol. The molecule has 0 aliphatic carbocycles. The van der Waals surface area contributed by atoms with Crippen molar-refractivity contribution < 1.29 is 4.79 Å². The smallest absolute Gasteiger partial charge is 0.235 e. The number of aromatic nitrogens is 2. The molecule has 112 valence electrons. The van der Waals surface area contributed by atoms with E-state index in [9.17, 15) is 4.79 Å². The van der Waals surface area contributed by atoms with Crippen LogP contribution in [0.1, 0.15) is 18.1 Å². The van der Waals surface area contributed by atoms with Crippen molar-refractivity contribution in [3.05, 3.63) is 35.4 Å². The number of hydrogen-bond acceptors (Lipinski definition) is 6. The van der Waals surface area contributed by atoms with E-state index in [1.165, 1.54) is 28.7 Å². The summed E-state index contributed by atoms with van der Waals surface area (Å²) >= 11 is 2.69. The minimum absolute atomic E-state index is 0.0667. The first-order valence-electron chi connectivity index (χ1n) is 6.52. The van der Waals surface area contributed by atoms with Gasteiger partial charge in [-0.25, -0.2) is 0 Å². The van der Waals surface area contributed by atoms with Gasteiger partial charge in [0.05, 0.1) is 5.25 Å². The zero-order valence-corrected chi connectivity index (χ0v) is 13.9. The van der Waals surface area contributed by atoms with Crippen molar-refractivity contribution in [3.63, 3.8) is 0 Å². The second kappa shape index (κ2) is 6.91. The summed E-state index contributed by atoms with van der Waals surface area (Å²) in [5.41, 5.74) is 7.89. The Morgan fingerprint density at radius 2 is 2.14 bits per heavy atom. The summed E-state index contributed by atoms with van der Waals surface area (Å²) < 4.78 is 0.720. The number of thioether (sulfide) groups is 1. The molecule has 0 aliphatic rings. The van der Waals surface area contributed by atoms with Gasteiger partial charge in [0.1, 0.15) is 0 Å². The highest BCUT2D eigenvalue weighted by Crippen LogP contribution is 2.28. The number of carbonyl (C=O) groups is 1. The van der Waals surface area contributed by atoms with E-state index in [0.29, 0.717) is 11.7 Å².